The Labute approximate surface area is 279 Å². The lowest BCUT2D eigenvalue weighted by Gasteiger charge is -2.40. The third-order valence-electron chi connectivity index (χ3n) is 8.42. The predicted octanol–water partition coefficient (Wildman–Crippen LogP) is 10.1. The molecular formula is C34H36Cl4N4O2. The smallest absolute Gasteiger partial charge is 0.199 e. The third kappa shape index (κ3) is 5.22. The van der Waals surface area contributed by atoms with Gasteiger partial charge in [-0.25, -0.2) is 9.97 Å². The van der Waals surface area contributed by atoms with Crippen molar-refractivity contribution >= 4 is 80.6 Å². The highest BCUT2D eigenvalue weighted by Gasteiger charge is 2.45. The van der Waals surface area contributed by atoms with Gasteiger partial charge in [0.2, 0.25) is 0 Å². The highest BCUT2D eigenvalue weighted by molar-refractivity contribution is 6.57. The summed E-state index contributed by atoms with van der Waals surface area (Å²) in [4.78, 5) is 42.2. The molecule has 3 aromatic rings. The number of para-hydroxylation sites is 2. The van der Waals surface area contributed by atoms with Crippen LogP contribution in [0.25, 0.3) is 11.0 Å². The van der Waals surface area contributed by atoms with Crippen LogP contribution in [0.5, 0.6) is 0 Å². The monoisotopic (exact) mass is 672 g/mol. The maximum Gasteiger partial charge on any atom is 0.199 e. The summed E-state index contributed by atoms with van der Waals surface area (Å²) >= 11 is 25.4. The second-order valence-electron chi connectivity index (χ2n) is 12.8. The molecule has 232 valence electrons. The minimum absolute atomic E-state index is 0.0248. The van der Waals surface area contributed by atoms with Crippen LogP contribution in [0.3, 0.4) is 0 Å². The highest BCUT2D eigenvalue weighted by atomic mass is 35.5. The molecule has 0 radical (unpaired) electrons. The first-order chi connectivity index (χ1) is 20.7. The van der Waals surface area contributed by atoms with Gasteiger partial charge < -0.3 is 9.80 Å². The van der Waals surface area contributed by atoms with Crippen LogP contribution in [0.2, 0.25) is 20.1 Å². The number of fused-ring (bicyclic) bond motifs is 3. The molecule has 1 aliphatic heterocycles. The van der Waals surface area contributed by atoms with Crippen molar-refractivity contribution in [2.75, 3.05) is 9.80 Å². The first-order valence-corrected chi connectivity index (χ1v) is 16.4. The van der Waals surface area contributed by atoms with Crippen LogP contribution in [0.15, 0.2) is 47.8 Å². The summed E-state index contributed by atoms with van der Waals surface area (Å²) < 4.78 is 0. The number of hydrogen-bond donors (Lipinski definition) is 0. The van der Waals surface area contributed by atoms with Crippen molar-refractivity contribution in [3.8, 4) is 0 Å². The Kier molecular flexibility index (Phi) is 9.14. The van der Waals surface area contributed by atoms with Gasteiger partial charge in [-0.3, -0.25) is 9.59 Å². The van der Waals surface area contributed by atoms with E-state index in [1.54, 1.807) is 6.08 Å². The van der Waals surface area contributed by atoms with Crippen LogP contribution in [0.1, 0.15) is 76.1 Å². The first-order valence-electron chi connectivity index (χ1n) is 14.9. The minimum atomic E-state index is -0.545. The summed E-state index contributed by atoms with van der Waals surface area (Å²) in [5.41, 5.74) is 1.48. The van der Waals surface area contributed by atoms with E-state index in [1.165, 1.54) is 0 Å². The molecule has 0 bridgehead atoms. The number of aromatic nitrogens is 2. The van der Waals surface area contributed by atoms with Gasteiger partial charge in [0.15, 0.2) is 23.2 Å². The van der Waals surface area contributed by atoms with Gasteiger partial charge in [0.1, 0.15) is 5.82 Å². The fraction of sp³-hybridized carbons (Fsp3) is 0.412. The molecule has 0 spiro atoms. The van der Waals surface area contributed by atoms with Crippen molar-refractivity contribution in [3.05, 3.63) is 79.0 Å². The summed E-state index contributed by atoms with van der Waals surface area (Å²) in [5.74, 6) is 2.18. The third-order valence-corrected chi connectivity index (χ3v) is 10.2. The quantitative estimate of drug-likeness (QED) is 0.108. The van der Waals surface area contributed by atoms with E-state index in [1.807, 2.05) is 30.3 Å². The molecule has 44 heavy (non-hydrogen) atoms. The van der Waals surface area contributed by atoms with Gasteiger partial charge in [-0.2, -0.15) is 0 Å². The molecule has 0 fully saturated rings. The normalized spacial score (nSPS) is 15.0. The summed E-state index contributed by atoms with van der Waals surface area (Å²) in [5, 5.41) is -0.277. The molecule has 10 heteroatoms. The lowest BCUT2D eigenvalue weighted by atomic mass is 9.90. The zero-order valence-electron chi connectivity index (χ0n) is 26.0. The number of halogens is 4. The highest BCUT2D eigenvalue weighted by Crippen LogP contribution is 2.48. The molecule has 0 amide bonds. The molecule has 2 aliphatic rings. The minimum Gasteiger partial charge on any atom is -0.306 e. The van der Waals surface area contributed by atoms with Gasteiger partial charge >= 0.3 is 0 Å². The molecule has 6 nitrogen and oxygen atoms in total. The number of benzene rings is 2. The van der Waals surface area contributed by atoms with Crippen LogP contribution in [0, 0.1) is 23.7 Å². The average Bonchev–Trinajstić information content (AvgIpc) is 3.37. The predicted molar refractivity (Wildman–Crippen MR) is 183 cm³/mol. The van der Waals surface area contributed by atoms with Gasteiger partial charge in [-0.15, -0.1) is 0 Å². The molecule has 2 heterocycles. The number of allylic oxidation sites excluding steroid dienone is 3. The van der Waals surface area contributed by atoms with Gasteiger partial charge in [-0.05, 0) is 48.0 Å². The fourth-order valence-corrected chi connectivity index (χ4v) is 7.88. The topological polar surface area (TPSA) is 66.4 Å². The summed E-state index contributed by atoms with van der Waals surface area (Å²) in [7, 11) is 0. The Bertz CT molecular complexity index is 1610. The second kappa shape index (κ2) is 12.3. The number of Topliss-reactive ketones (excluding diaryl/α,β-unsaturated/α-hetero) is 2. The van der Waals surface area contributed by atoms with Gasteiger partial charge in [-0.1, -0.05) is 114 Å². The van der Waals surface area contributed by atoms with E-state index < -0.39 is 11.6 Å². The second-order valence-corrected chi connectivity index (χ2v) is 14.3. The Morgan fingerprint density at radius 1 is 0.591 bits per heavy atom. The number of carbonyl (C=O) groups is 2. The van der Waals surface area contributed by atoms with Crippen LogP contribution >= 0.6 is 46.4 Å². The van der Waals surface area contributed by atoms with Crippen LogP contribution in [0.4, 0.5) is 11.6 Å². The van der Waals surface area contributed by atoms with Crippen molar-refractivity contribution in [3.63, 3.8) is 0 Å². The summed E-state index contributed by atoms with van der Waals surface area (Å²) in [6.07, 6.45) is 3.40. The number of anilines is 2. The lowest BCUT2D eigenvalue weighted by molar-refractivity contribution is 0.0989. The van der Waals surface area contributed by atoms with E-state index in [2.05, 4.69) is 65.2 Å². The molecule has 2 aromatic carbocycles. The molecule has 5 rings (SSSR count). The zero-order valence-corrected chi connectivity index (χ0v) is 29.1. The van der Waals surface area contributed by atoms with E-state index in [0.717, 1.165) is 28.5 Å². The Morgan fingerprint density at radius 3 is 1.30 bits per heavy atom. The Morgan fingerprint density at radius 2 is 0.955 bits per heavy atom. The summed E-state index contributed by atoms with van der Waals surface area (Å²) in [6.45, 7) is 17.5. The van der Waals surface area contributed by atoms with E-state index in [4.69, 9.17) is 56.4 Å². The number of rotatable bonds is 7. The van der Waals surface area contributed by atoms with Crippen molar-refractivity contribution in [2.24, 2.45) is 23.7 Å². The van der Waals surface area contributed by atoms with Crippen molar-refractivity contribution in [2.45, 2.75) is 67.5 Å². The van der Waals surface area contributed by atoms with Crippen LogP contribution in [-0.4, -0.2) is 33.6 Å². The van der Waals surface area contributed by atoms with E-state index in [9.17, 15) is 9.59 Å². The first kappa shape index (κ1) is 32.7. The van der Waals surface area contributed by atoms with E-state index in [0.29, 0.717) is 0 Å². The van der Waals surface area contributed by atoms with Gasteiger partial charge in [0, 0.05) is 12.1 Å². The van der Waals surface area contributed by atoms with E-state index >= 15 is 0 Å². The molecule has 1 aliphatic carbocycles. The molecule has 0 saturated carbocycles. The lowest BCUT2D eigenvalue weighted by Crippen LogP contribution is -2.48. The molecule has 0 unspecified atom stereocenters. The largest absolute Gasteiger partial charge is 0.306 e. The number of nitrogens with zero attached hydrogens (tertiary/aromatic N) is 4. The molecule has 1 aromatic heterocycles. The van der Waals surface area contributed by atoms with Crippen molar-refractivity contribution in [1.29, 1.82) is 0 Å². The van der Waals surface area contributed by atoms with Crippen molar-refractivity contribution < 1.29 is 9.59 Å². The van der Waals surface area contributed by atoms with Crippen LogP contribution in [-0.2, 0) is 0 Å². The summed E-state index contributed by atoms with van der Waals surface area (Å²) in [6, 6.07) is 7.92. The fourth-order valence-electron chi connectivity index (χ4n) is 6.86. The number of ketones is 2. The molecular weight excluding hydrogens is 638 g/mol. The number of hydrogen-bond acceptors (Lipinski definition) is 6. The SMILES string of the molecule is CC(C)C(C(C)C)N1C(=CC=C2C(=O)c3c(Cl)c(Cl)c(Cl)c(Cl)c3C2=O)N(C(C(C)C)C(C)C)c2nc3ccccc3nc21. The number of carbonyl (C=O) groups excluding carboxylic acids is 2. The van der Waals surface area contributed by atoms with Crippen LogP contribution < -0.4 is 9.80 Å². The zero-order chi connectivity index (χ0) is 32.4. The Balaban J connectivity index is 1.80. The molecule has 0 saturated heterocycles. The standard InChI is InChI=1S/C34H36Cl4N4O2/c1-15(2)29(16(3)4)41-22(14-13-19-31(43)23-24(32(19)44)26(36)28(38)27(37)25(23)35)42(30(17(5)6)18(7)8)34-33(41)39-20-11-9-10-12-21(20)40-34/h9-18,29-30H,1-8H3. The molecule has 0 atom stereocenters. The van der Waals surface area contributed by atoms with E-state index in [-0.39, 0.29) is 72.5 Å². The Hall–Kier alpha value is -2.64. The average molecular weight is 674 g/mol. The maximum absolute atomic E-state index is 13.7. The van der Waals surface area contributed by atoms with Gasteiger partial charge in [0.05, 0.1) is 47.8 Å². The van der Waals surface area contributed by atoms with Crippen molar-refractivity contribution in [1.82, 2.24) is 9.97 Å². The molecule has 0 N–H and O–H groups in total. The maximum atomic E-state index is 13.7. The van der Waals surface area contributed by atoms with Gasteiger partial charge in [0.25, 0.3) is 0 Å².